The number of benzene rings is 3. The molecule has 3 heteroatoms. The third-order valence-electron chi connectivity index (χ3n) is 3.98. The molecule has 0 aliphatic heterocycles. The van der Waals surface area contributed by atoms with Crippen LogP contribution in [0.3, 0.4) is 0 Å². The van der Waals surface area contributed by atoms with Gasteiger partial charge in [0.25, 0.3) is 0 Å². The number of hydrogen-bond acceptors (Lipinski definition) is 3. The van der Waals surface area contributed by atoms with Crippen molar-refractivity contribution in [3.05, 3.63) is 77.0 Å². The zero-order valence-corrected chi connectivity index (χ0v) is 12.6. The summed E-state index contributed by atoms with van der Waals surface area (Å²) in [7, 11) is 1.63. The molecule has 0 amide bonds. The predicted octanol–water partition coefficient (Wildman–Crippen LogP) is 4.62. The largest absolute Gasteiger partial charge is 0.497 e. The third kappa shape index (κ3) is 2.27. The van der Waals surface area contributed by atoms with E-state index in [2.05, 4.69) is 0 Å². The Kier molecular flexibility index (Phi) is 3.12. The molecule has 0 N–H and O–H groups in total. The van der Waals surface area contributed by atoms with E-state index >= 15 is 0 Å². The summed E-state index contributed by atoms with van der Waals surface area (Å²) in [6, 6.07) is 20.6. The Balaban J connectivity index is 2.02. The van der Waals surface area contributed by atoms with Crippen LogP contribution >= 0.6 is 0 Å². The molecular weight excluding hydrogens is 288 g/mol. The second kappa shape index (κ2) is 5.29. The molecule has 0 radical (unpaired) electrons. The van der Waals surface area contributed by atoms with Gasteiger partial charge in [-0.1, -0.05) is 36.4 Å². The Morgan fingerprint density at radius 2 is 1.74 bits per heavy atom. The number of fused-ring (bicyclic) bond motifs is 3. The lowest BCUT2D eigenvalue weighted by atomic mass is 10.0. The van der Waals surface area contributed by atoms with E-state index in [9.17, 15) is 4.79 Å². The molecule has 0 fully saturated rings. The summed E-state index contributed by atoms with van der Waals surface area (Å²) in [5.41, 5.74) is 1.44. The molecule has 0 bridgehead atoms. The Hall–Kier alpha value is -3.07. The van der Waals surface area contributed by atoms with E-state index in [0.29, 0.717) is 16.7 Å². The lowest BCUT2D eigenvalue weighted by molar-refractivity contribution is 0.415. The molecule has 0 saturated carbocycles. The predicted molar refractivity (Wildman–Crippen MR) is 92.0 cm³/mol. The van der Waals surface area contributed by atoms with Gasteiger partial charge in [-0.25, -0.2) is 0 Å². The van der Waals surface area contributed by atoms with Gasteiger partial charge in [-0.2, -0.15) is 0 Å². The number of rotatable bonds is 2. The number of methoxy groups -OCH3 is 1. The van der Waals surface area contributed by atoms with Crippen molar-refractivity contribution >= 4 is 21.7 Å². The summed E-state index contributed by atoms with van der Waals surface area (Å²) >= 11 is 0. The SMILES string of the molecule is COc1ccc2c(ccc3oc(-c4ccccc4)cc(=O)c32)c1. The van der Waals surface area contributed by atoms with E-state index in [1.165, 1.54) is 0 Å². The van der Waals surface area contributed by atoms with Crippen molar-refractivity contribution in [1.82, 2.24) is 0 Å². The van der Waals surface area contributed by atoms with Crippen molar-refractivity contribution in [2.24, 2.45) is 0 Å². The van der Waals surface area contributed by atoms with Crippen LogP contribution < -0.4 is 10.2 Å². The van der Waals surface area contributed by atoms with Crippen LogP contribution in [0.15, 0.2) is 75.9 Å². The lowest BCUT2D eigenvalue weighted by Crippen LogP contribution is -2.01. The van der Waals surface area contributed by atoms with E-state index in [0.717, 1.165) is 22.1 Å². The molecule has 4 aromatic rings. The Bertz CT molecular complexity index is 1060. The van der Waals surface area contributed by atoms with E-state index < -0.39 is 0 Å². The molecule has 0 unspecified atom stereocenters. The molecule has 0 saturated heterocycles. The second-order valence-corrected chi connectivity index (χ2v) is 5.37. The first-order valence-corrected chi connectivity index (χ1v) is 7.36. The smallest absolute Gasteiger partial charge is 0.193 e. The van der Waals surface area contributed by atoms with E-state index in [1.54, 1.807) is 13.2 Å². The van der Waals surface area contributed by atoms with Crippen LogP contribution in [0.2, 0.25) is 0 Å². The molecule has 112 valence electrons. The molecule has 23 heavy (non-hydrogen) atoms. The van der Waals surface area contributed by atoms with Crippen molar-refractivity contribution < 1.29 is 9.15 Å². The number of hydrogen-bond donors (Lipinski definition) is 0. The van der Waals surface area contributed by atoms with Crippen molar-refractivity contribution in [2.45, 2.75) is 0 Å². The van der Waals surface area contributed by atoms with Gasteiger partial charge in [0.05, 0.1) is 12.5 Å². The van der Waals surface area contributed by atoms with Crippen LogP contribution in [0.4, 0.5) is 0 Å². The first-order chi connectivity index (χ1) is 11.3. The van der Waals surface area contributed by atoms with Crippen LogP contribution in [-0.2, 0) is 0 Å². The average Bonchev–Trinajstić information content (AvgIpc) is 2.61. The minimum Gasteiger partial charge on any atom is -0.497 e. The summed E-state index contributed by atoms with van der Waals surface area (Å²) < 4.78 is 11.2. The van der Waals surface area contributed by atoms with Crippen LogP contribution in [0.25, 0.3) is 33.1 Å². The maximum atomic E-state index is 12.7. The monoisotopic (exact) mass is 302 g/mol. The van der Waals surface area contributed by atoms with Crippen LogP contribution in [0.1, 0.15) is 0 Å². The fraction of sp³-hybridized carbons (Fsp3) is 0.0500. The minimum absolute atomic E-state index is 0.0409. The maximum absolute atomic E-state index is 12.7. The van der Waals surface area contributed by atoms with Gasteiger partial charge >= 0.3 is 0 Å². The standard InChI is InChI=1S/C20H14O3/c1-22-15-8-9-16-14(11-15)7-10-18-20(16)17(21)12-19(23-18)13-5-3-2-4-6-13/h2-12H,1H3. The van der Waals surface area contributed by atoms with Gasteiger partial charge < -0.3 is 9.15 Å². The van der Waals surface area contributed by atoms with Crippen molar-refractivity contribution in [3.63, 3.8) is 0 Å². The molecular formula is C20H14O3. The molecule has 4 rings (SSSR count). The second-order valence-electron chi connectivity index (χ2n) is 5.37. The van der Waals surface area contributed by atoms with Crippen LogP contribution in [0, 0.1) is 0 Å². The van der Waals surface area contributed by atoms with Crippen LogP contribution in [0.5, 0.6) is 5.75 Å². The molecule has 3 aromatic carbocycles. The Labute approximate surface area is 132 Å². The quantitative estimate of drug-likeness (QED) is 0.507. The summed E-state index contributed by atoms with van der Waals surface area (Å²) in [5.74, 6) is 1.35. The Morgan fingerprint density at radius 3 is 2.52 bits per heavy atom. The maximum Gasteiger partial charge on any atom is 0.193 e. The zero-order valence-electron chi connectivity index (χ0n) is 12.6. The topological polar surface area (TPSA) is 39.4 Å². The first-order valence-electron chi connectivity index (χ1n) is 7.36. The summed E-state index contributed by atoms with van der Waals surface area (Å²) in [6.07, 6.45) is 0. The van der Waals surface area contributed by atoms with E-state index in [-0.39, 0.29) is 5.43 Å². The number of ether oxygens (including phenoxy) is 1. The van der Waals surface area contributed by atoms with Gasteiger partial charge in [-0.05, 0) is 35.0 Å². The van der Waals surface area contributed by atoms with Gasteiger partial charge in [0.1, 0.15) is 17.1 Å². The van der Waals surface area contributed by atoms with Gasteiger partial charge in [0.15, 0.2) is 5.43 Å². The van der Waals surface area contributed by atoms with Gasteiger partial charge in [-0.15, -0.1) is 0 Å². The van der Waals surface area contributed by atoms with E-state index in [1.807, 2.05) is 60.7 Å². The van der Waals surface area contributed by atoms with Crippen molar-refractivity contribution in [2.75, 3.05) is 7.11 Å². The van der Waals surface area contributed by atoms with Crippen molar-refractivity contribution in [1.29, 1.82) is 0 Å². The highest BCUT2D eigenvalue weighted by Crippen LogP contribution is 2.29. The van der Waals surface area contributed by atoms with Gasteiger partial charge in [-0.3, -0.25) is 4.79 Å². The lowest BCUT2D eigenvalue weighted by Gasteiger charge is -2.07. The normalized spacial score (nSPS) is 11.0. The highest BCUT2D eigenvalue weighted by atomic mass is 16.5. The summed E-state index contributed by atoms with van der Waals surface area (Å²) in [4.78, 5) is 12.7. The average molecular weight is 302 g/mol. The summed E-state index contributed by atoms with van der Waals surface area (Å²) in [6.45, 7) is 0. The van der Waals surface area contributed by atoms with E-state index in [4.69, 9.17) is 9.15 Å². The first kappa shape index (κ1) is 13.6. The Morgan fingerprint density at radius 1 is 0.913 bits per heavy atom. The minimum atomic E-state index is -0.0409. The zero-order chi connectivity index (χ0) is 15.8. The fourth-order valence-corrected chi connectivity index (χ4v) is 2.84. The molecule has 0 spiro atoms. The molecule has 1 aromatic heterocycles. The third-order valence-corrected chi connectivity index (χ3v) is 3.98. The summed E-state index contributed by atoms with van der Waals surface area (Å²) in [5, 5.41) is 2.43. The molecule has 0 aliphatic carbocycles. The van der Waals surface area contributed by atoms with Crippen LogP contribution in [-0.4, -0.2) is 7.11 Å². The fourth-order valence-electron chi connectivity index (χ4n) is 2.84. The van der Waals surface area contributed by atoms with Gasteiger partial charge in [0, 0.05) is 11.6 Å². The highest BCUT2D eigenvalue weighted by Gasteiger charge is 2.10. The van der Waals surface area contributed by atoms with Crippen molar-refractivity contribution in [3.8, 4) is 17.1 Å². The molecule has 1 heterocycles. The highest BCUT2D eigenvalue weighted by molar-refractivity contribution is 6.06. The molecule has 0 aliphatic rings. The molecule has 0 atom stereocenters. The van der Waals surface area contributed by atoms with Gasteiger partial charge in [0.2, 0.25) is 0 Å². The molecule has 3 nitrogen and oxygen atoms in total.